The summed E-state index contributed by atoms with van der Waals surface area (Å²) >= 11 is 0.678. The maximum atomic E-state index is 13.1. The van der Waals surface area contributed by atoms with Crippen molar-refractivity contribution in [2.75, 3.05) is 20.8 Å². The molecule has 9 nitrogen and oxygen atoms in total. The first-order valence-electron chi connectivity index (χ1n) is 10.2. The van der Waals surface area contributed by atoms with Gasteiger partial charge in [-0.2, -0.15) is 8.42 Å². The van der Waals surface area contributed by atoms with E-state index in [1.54, 1.807) is 30.3 Å². The van der Waals surface area contributed by atoms with Gasteiger partial charge in [-0.3, -0.25) is 19.3 Å². The molecule has 0 saturated carbocycles. The molecular formula is C24H19NO8S2. The van der Waals surface area contributed by atoms with E-state index in [9.17, 15) is 22.8 Å². The summed E-state index contributed by atoms with van der Waals surface area (Å²) in [5.41, 5.74) is 0.459. The van der Waals surface area contributed by atoms with Crippen LogP contribution < -0.4 is 8.92 Å². The lowest BCUT2D eigenvalue weighted by atomic mass is 10.1. The first-order valence-corrected chi connectivity index (χ1v) is 12.4. The summed E-state index contributed by atoms with van der Waals surface area (Å²) < 4.78 is 41.3. The molecule has 1 heterocycles. The molecule has 1 saturated heterocycles. The molecule has 0 spiro atoms. The molecule has 0 atom stereocenters. The van der Waals surface area contributed by atoms with Gasteiger partial charge in [0.25, 0.3) is 11.1 Å². The first kappa shape index (κ1) is 24.3. The second-order valence-electron chi connectivity index (χ2n) is 7.27. The van der Waals surface area contributed by atoms with Gasteiger partial charge in [0, 0.05) is 5.39 Å². The smallest absolute Gasteiger partial charge is 0.339 e. The quantitative estimate of drug-likeness (QED) is 0.264. The molecule has 0 aliphatic carbocycles. The predicted molar refractivity (Wildman–Crippen MR) is 129 cm³/mol. The average molecular weight is 514 g/mol. The summed E-state index contributed by atoms with van der Waals surface area (Å²) in [6.45, 7) is -0.485. The van der Waals surface area contributed by atoms with E-state index in [0.717, 1.165) is 17.4 Å². The lowest BCUT2D eigenvalue weighted by Crippen LogP contribution is -2.34. The number of thioether (sulfide) groups is 1. The van der Waals surface area contributed by atoms with Crippen molar-refractivity contribution in [1.82, 2.24) is 4.90 Å². The molecule has 0 radical (unpaired) electrons. The van der Waals surface area contributed by atoms with Gasteiger partial charge >= 0.3 is 16.1 Å². The van der Waals surface area contributed by atoms with Gasteiger partial charge in [-0.05, 0) is 47.0 Å². The van der Waals surface area contributed by atoms with Crippen LogP contribution in [0.5, 0.6) is 11.5 Å². The van der Waals surface area contributed by atoms with Gasteiger partial charge in [0.05, 0.1) is 19.1 Å². The zero-order valence-electron chi connectivity index (χ0n) is 18.6. The van der Waals surface area contributed by atoms with Gasteiger partial charge in [-0.25, -0.2) is 0 Å². The molecule has 1 aliphatic heterocycles. The normalized spacial score (nSPS) is 15.0. The van der Waals surface area contributed by atoms with Crippen molar-refractivity contribution in [3.8, 4) is 11.5 Å². The highest BCUT2D eigenvalue weighted by Crippen LogP contribution is 2.36. The molecule has 3 aromatic rings. The van der Waals surface area contributed by atoms with Crippen LogP contribution in [0.15, 0.2) is 70.5 Å². The minimum absolute atomic E-state index is 0.0148. The van der Waals surface area contributed by atoms with Crippen LogP contribution in [0.4, 0.5) is 4.79 Å². The van der Waals surface area contributed by atoms with Gasteiger partial charge in [0.1, 0.15) is 11.4 Å². The zero-order valence-corrected chi connectivity index (χ0v) is 20.2. The summed E-state index contributed by atoms with van der Waals surface area (Å²) in [6, 6.07) is 16.3. The number of methoxy groups -OCH3 is 2. The number of carbonyl (C=O) groups is 3. The summed E-state index contributed by atoms with van der Waals surface area (Å²) in [4.78, 5) is 37.0. The molecule has 3 aromatic carbocycles. The van der Waals surface area contributed by atoms with Crippen LogP contribution in [0, 0.1) is 0 Å². The maximum absolute atomic E-state index is 13.1. The third kappa shape index (κ3) is 5.00. The number of nitrogens with zero attached hydrogens (tertiary/aromatic N) is 1. The molecule has 0 bridgehead atoms. The fraction of sp³-hybridized carbons (Fsp3) is 0.125. The van der Waals surface area contributed by atoms with Gasteiger partial charge < -0.3 is 13.7 Å². The van der Waals surface area contributed by atoms with E-state index >= 15 is 0 Å². The molecule has 2 amide bonds. The Bertz CT molecular complexity index is 1470. The zero-order chi connectivity index (χ0) is 25.2. The number of carbonyl (C=O) groups excluding carboxylic acids is 3. The Hall–Kier alpha value is -3.83. The molecule has 11 heteroatoms. The third-order valence-electron chi connectivity index (χ3n) is 5.09. The van der Waals surface area contributed by atoms with E-state index in [-0.39, 0.29) is 21.3 Å². The van der Waals surface area contributed by atoms with Crippen LogP contribution in [0.2, 0.25) is 0 Å². The summed E-state index contributed by atoms with van der Waals surface area (Å²) in [5, 5.41) is 0.675. The van der Waals surface area contributed by atoms with Crippen molar-refractivity contribution in [1.29, 1.82) is 0 Å². The van der Waals surface area contributed by atoms with Crippen molar-refractivity contribution >= 4 is 55.8 Å². The Kier molecular flexibility index (Phi) is 6.81. The van der Waals surface area contributed by atoms with E-state index in [2.05, 4.69) is 4.74 Å². The van der Waals surface area contributed by atoms with E-state index in [1.165, 1.54) is 37.5 Å². The molecule has 180 valence electrons. The standard InChI is InChI=1S/C24H19NO8S2/c1-31-19-12-15(13-20-23(27)25(24(28)34-20)14-22(26)32-2)10-11-18(19)33-35(29,30)21-9-5-7-16-6-3-4-8-17(16)21/h3-13H,14H2,1-2H3/b20-13-. The van der Waals surface area contributed by atoms with Gasteiger partial charge in [-0.15, -0.1) is 0 Å². The highest BCUT2D eigenvalue weighted by Gasteiger charge is 2.36. The topological polar surface area (TPSA) is 116 Å². The highest BCUT2D eigenvalue weighted by molar-refractivity contribution is 8.18. The molecule has 0 N–H and O–H groups in total. The number of rotatable bonds is 7. The monoisotopic (exact) mass is 513 g/mol. The molecule has 0 unspecified atom stereocenters. The maximum Gasteiger partial charge on any atom is 0.339 e. The Morgan fingerprint density at radius 3 is 2.49 bits per heavy atom. The average Bonchev–Trinajstić information content (AvgIpc) is 3.11. The molecule has 35 heavy (non-hydrogen) atoms. The number of hydrogen-bond donors (Lipinski definition) is 0. The van der Waals surface area contributed by atoms with Gasteiger partial charge in [-0.1, -0.05) is 42.5 Å². The first-order chi connectivity index (χ1) is 16.7. The Morgan fingerprint density at radius 2 is 1.74 bits per heavy atom. The minimum Gasteiger partial charge on any atom is -0.493 e. The van der Waals surface area contributed by atoms with Crippen molar-refractivity contribution in [3.05, 3.63) is 71.1 Å². The van der Waals surface area contributed by atoms with Crippen LogP contribution in [0.25, 0.3) is 16.8 Å². The Labute approximate surface area is 205 Å². The van der Waals surface area contributed by atoms with Crippen molar-refractivity contribution < 1.29 is 36.5 Å². The number of hydrogen-bond acceptors (Lipinski definition) is 9. The van der Waals surface area contributed by atoms with E-state index < -0.39 is 33.8 Å². The largest absolute Gasteiger partial charge is 0.493 e. The summed E-state index contributed by atoms with van der Waals surface area (Å²) in [6.07, 6.45) is 1.44. The van der Waals surface area contributed by atoms with Gasteiger partial charge in [0.15, 0.2) is 11.5 Å². The minimum atomic E-state index is -4.19. The van der Waals surface area contributed by atoms with Crippen molar-refractivity contribution in [2.45, 2.75) is 4.90 Å². The Morgan fingerprint density at radius 1 is 1.00 bits per heavy atom. The van der Waals surface area contributed by atoms with E-state index in [1.807, 2.05) is 6.07 Å². The summed E-state index contributed by atoms with van der Waals surface area (Å²) in [7, 11) is -1.69. The lowest BCUT2D eigenvalue weighted by molar-refractivity contribution is -0.143. The fourth-order valence-electron chi connectivity index (χ4n) is 3.40. The number of benzene rings is 3. The van der Waals surface area contributed by atoms with Crippen LogP contribution in [0.1, 0.15) is 5.56 Å². The highest BCUT2D eigenvalue weighted by atomic mass is 32.2. The molecule has 4 rings (SSSR count). The number of amides is 2. The van der Waals surface area contributed by atoms with E-state index in [4.69, 9.17) is 8.92 Å². The SMILES string of the molecule is COC(=O)CN1C(=O)S/C(=C\c2ccc(OS(=O)(=O)c3cccc4ccccc34)c(OC)c2)C1=O. The fourth-order valence-corrected chi connectivity index (χ4v) is 5.40. The number of imide groups is 1. The van der Waals surface area contributed by atoms with Crippen LogP contribution in [-0.2, 0) is 24.4 Å². The third-order valence-corrected chi connectivity index (χ3v) is 7.29. The lowest BCUT2D eigenvalue weighted by Gasteiger charge is -2.13. The number of esters is 1. The molecule has 1 aliphatic rings. The molecule has 1 fully saturated rings. The Balaban J connectivity index is 1.61. The van der Waals surface area contributed by atoms with Crippen LogP contribution in [0.3, 0.4) is 0 Å². The van der Waals surface area contributed by atoms with Crippen LogP contribution >= 0.6 is 11.8 Å². The van der Waals surface area contributed by atoms with Gasteiger partial charge in [0.2, 0.25) is 0 Å². The van der Waals surface area contributed by atoms with Crippen molar-refractivity contribution in [2.24, 2.45) is 0 Å². The summed E-state index contributed by atoms with van der Waals surface area (Å²) in [5.74, 6) is -1.29. The molecular weight excluding hydrogens is 494 g/mol. The number of ether oxygens (including phenoxy) is 2. The second kappa shape index (κ2) is 9.80. The number of fused-ring (bicyclic) bond motifs is 1. The van der Waals surface area contributed by atoms with Crippen molar-refractivity contribution in [3.63, 3.8) is 0 Å². The van der Waals surface area contributed by atoms with E-state index in [0.29, 0.717) is 22.7 Å². The van der Waals surface area contributed by atoms with Crippen LogP contribution in [-0.4, -0.2) is 51.2 Å². The predicted octanol–water partition coefficient (Wildman–Crippen LogP) is 3.83. The molecule has 0 aromatic heterocycles. The second-order valence-corrected chi connectivity index (χ2v) is 9.78.